The second kappa shape index (κ2) is 7.90. The van der Waals surface area contributed by atoms with Crippen molar-refractivity contribution in [2.45, 2.75) is 77.7 Å². The lowest BCUT2D eigenvalue weighted by Gasteiger charge is -2.33. The first-order valence-corrected chi connectivity index (χ1v) is 8.60. The molecule has 0 bridgehead atoms. The fourth-order valence-corrected chi connectivity index (χ4v) is 3.92. The zero-order valence-corrected chi connectivity index (χ0v) is 13.2. The van der Waals surface area contributed by atoms with E-state index in [-0.39, 0.29) is 6.09 Å². The van der Waals surface area contributed by atoms with Crippen LogP contribution in [0.3, 0.4) is 0 Å². The van der Waals surface area contributed by atoms with Crippen LogP contribution in [0.25, 0.3) is 0 Å². The van der Waals surface area contributed by atoms with Gasteiger partial charge in [0.15, 0.2) is 0 Å². The van der Waals surface area contributed by atoms with Crippen molar-refractivity contribution < 1.29 is 9.53 Å². The van der Waals surface area contributed by atoms with Gasteiger partial charge < -0.3 is 10.1 Å². The van der Waals surface area contributed by atoms with Crippen molar-refractivity contribution in [1.29, 1.82) is 0 Å². The van der Waals surface area contributed by atoms with Gasteiger partial charge in [-0.15, -0.1) is 0 Å². The van der Waals surface area contributed by atoms with E-state index in [1.807, 2.05) is 6.92 Å². The van der Waals surface area contributed by atoms with E-state index in [4.69, 9.17) is 4.74 Å². The molecule has 0 aromatic carbocycles. The normalized spacial score (nSPS) is 34.5. The predicted octanol–water partition coefficient (Wildman–Crippen LogP) is 4.51. The topological polar surface area (TPSA) is 38.3 Å². The Hall–Kier alpha value is -0.730. The Morgan fingerprint density at radius 3 is 2.10 bits per heavy atom. The van der Waals surface area contributed by atoms with Crippen LogP contribution in [0.15, 0.2) is 0 Å². The standard InChI is InChI=1S/C17H31NO2/c1-3-20-17(19)18-16-10-8-15(9-11-16)12-14-6-4-13(2)5-7-14/h13-16H,3-12H2,1-2H3,(H,18,19). The van der Waals surface area contributed by atoms with Crippen molar-refractivity contribution in [3.05, 3.63) is 0 Å². The van der Waals surface area contributed by atoms with Crippen LogP contribution in [0.4, 0.5) is 4.79 Å². The summed E-state index contributed by atoms with van der Waals surface area (Å²) < 4.78 is 4.95. The summed E-state index contributed by atoms with van der Waals surface area (Å²) >= 11 is 0. The minimum Gasteiger partial charge on any atom is -0.450 e. The van der Waals surface area contributed by atoms with Crippen molar-refractivity contribution in [2.24, 2.45) is 17.8 Å². The number of carbonyl (C=O) groups excluding carboxylic acids is 1. The van der Waals surface area contributed by atoms with Gasteiger partial charge in [0, 0.05) is 6.04 Å². The van der Waals surface area contributed by atoms with Gasteiger partial charge in [0.05, 0.1) is 6.61 Å². The summed E-state index contributed by atoms with van der Waals surface area (Å²) in [6.07, 6.45) is 11.8. The molecule has 2 fully saturated rings. The van der Waals surface area contributed by atoms with Crippen molar-refractivity contribution >= 4 is 6.09 Å². The lowest BCUT2D eigenvalue weighted by molar-refractivity contribution is 0.140. The zero-order valence-electron chi connectivity index (χ0n) is 13.2. The van der Waals surface area contributed by atoms with Crippen LogP contribution in [0.2, 0.25) is 0 Å². The monoisotopic (exact) mass is 281 g/mol. The third-order valence-electron chi connectivity index (χ3n) is 5.25. The van der Waals surface area contributed by atoms with E-state index in [1.165, 1.54) is 44.9 Å². The summed E-state index contributed by atoms with van der Waals surface area (Å²) in [4.78, 5) is 11.4. The number of carbonyl (C=O) groups is 1. The molecule has 2 aliphatic carbocycles. The molecule has 20 heavy (non-hydrogen) atoms. The molecule has 1 N–H and O–H groups in total. The molecule has 1 amide bonds. The number of hydrogen-bond acceptors (Lipinski definition) is 2. The third-order valence-corrected chi connectivity index (χ3v) is 5.25. The van der Waals surface area contributed by atoms with E-state index < -0.39 is 0 Å². The lowest BCUT2D eigenvalue weighted by Crippen LogP contribution is -2.38. The van der Waals surface area contributed by atoms with Crippen LogP contribution in [0.5, 0.6) is 0 Å². The Morgan fingerprint density at radius 1 is 1.00 bits per heavy atom. The fourth-order valence-electron chi connectivity index (χ4n) is 3.92. The number of ether oxygens (including phenoxy) is 1. The summed E-state index contributed by atoms with van der Waals surface area (Å²) in [6, 6.07) is 0.344. The fraction of sp³-hybridized carbons (Fsp3) is 0.941. The van der Waals surface area contributed by atoms with Gasteiger partial charge in [0.1, 0.15) is 0 Å². The van der Waals surface area contributed by atoms with Gasteiger partial charge in [-0.3, -0.25) is 0 Å². The Labute approximate surface area is 123 Å². The largest absolute Gasteiger partial charge is 0.450 e. The highest BCUT2D eigenvalue weighted by Crippen LogP contribution is 2.36. The predicted molar refractivity (Wildman–Crippen MR) is 81.6 cm³/mol. The Morgan fingerprint density at radius 2 is 1.55 bits per heavy atom. The first-order chi connectivity index (χ1) is 9.67. The second-order valence-corrected chi connectivity index (χ2v) is 6.94. The van der Waals surface area contributed by atoms with Crippen LogP contribution in [0.1, 0.15) is 71.6 Å². The summed E-state index contributed by atoms with van der Waals surface area (Å²) in [5, 5.41) is 2.99. The van der Waals surface area contributed by atoms with Gasteiger partial charge in [0.25, 0.3) is 0 Å². The summed E-state index contributed by atoms with van der Waals surface area (Å²) in [5.41, 5.74) is 0. The first-order valence-electron chi connectivity index (χ1n) is 8.60. The molecule has 0 spiro atoms. The van der Waals surface area contributed by atoms with Gasteiger partial charge in [-0.1, -0.05) is 32.6 Å². The maximum atomic E-state index is 11.4. The summed E-state index contributed by atoms with van der Waals surface area (Å²) in [5.74, 6) is 2.83. The number of hydrogen-bond donors (Lipinski definition) is 1. The van der Waals surface area contributed by atoms with E-state index >= 15 is 0 Å². The van der Waals surface area contributed by atoms with Crippen LogP contribution in [-0.4, -0.2) is 18.7 Å². The minimum atomic E-state index is -0.239. The molecule has 3 heteroatoms. The lowest BCUT2D eigenvalue weighted by atomic mass is 9.75. The molecule has 2 rings (SSSR count). The van der Waals surface area contributed by atoms with Gasteiger partial charge in [-0.25, -0.2) is 4.79 Å². The molecule has 0 radical (unpaired) electrons. The number of amides is 1. The van der Waals surface area contributed by atoms with E-state index in [0.717, 1.165) is 30.6 Å². The van der Waals surface area contributed by atoms with Crippen molar-refractivity contribution in [1.82, 2.24) is 5.32 Å². The maximum Gasteiger partial charge on any atom is 0.407 e. The molecule has 0 saturated heterocycles. The number of nitrogens with one attached hydrogen (secondary N) is 1. The van der Waals surface area contributed by atoms with Gasteiger partial charge >= 0.3 is 6.09 Å². The van der Waals surface area contributed by atoms with Crippen molar-refractivity contribution in [2.75, 3.05) is 6.61 Å². The quantitative estimate of drug-likeness (QED) is 0.823. The zero-order chi connectivity index (χ0) is 14.4. The van der Waals surface area contributed by atoms with Gasteiger partial charge in [-0.2, -0.15) is 0 Å². The highest BCUT2D eigenvalue weighted by Gasteiger charge is 2.26. The van der Waals surface area contributed by atoms with Gasteiger partial charge in [-0.05, 0) is 56.8 Å². The van der Waals surface area contributed by atoms with Crippen molar-refractivity contribution in [3.8, 4) is 0 Å². The van der Waals surface area contributed by atoms with Crippen molar-refractivity contribution in [3.63, 3.8) is 0 Å². The van der Waals surface area contributed by atoms with Crippen LogP contribution in [0, 0.1) is 17.8 Å². The van der Waals surface area contributed by atoms with E-state index in [9.17, 15) is 4.79 Å². The third kappa shape index (κ3) is 4.99. The molecule has 0 aromatic rings. The van der Waals surface area contributed by atoms with Crippen LogP contribution >= 0.6 is 0 Å². The average Bonchev–Trinajstić information content (AvgIpc) is 2.44. The highest BCUT2D eigenvalue weighted by atomic mass is 16.5. The molecule has 0 atom stereocenters. The average molecular weight is 281 g/mol. The summed E-state index contributed by atoms with van der Waals surface area (Å²) in [7, 11) is 0. The SMILES string of the molecule is CCOC(=O)NC1CCC(CC2CCC(C)CC2)CC1. The second-order valence-electron chi connectivity index (χ2n) is 6.94. The molecule has 0 heterocycles. The van der Waals surface area contributed by atoms with E-state index in [1.54, 1.807) is 0 Å². The Balaban J connectivity index is 1.63. The maximum absolute atomic E-state index is 11.4. The molecule has 0 aromatic heterocycles. The molecule has 3 nitrogen and oxygen atoms in total. The molecule has 2 saturated carbocycles. The first kappa shape index (κ1) is 15.7. The van der Waals surface area contributed by atoms with Crippen LogP contribution in [-0.2, 0) is 4.74 Å². The highest BCUT2D eigenvalue weighted by molar-refractivity contribution is 5.67. The molecular weight excluding hydrogens is 250 g/mol. The van der Waals surface area contributed by atoms with E-state index in [0.29, 0.717) is 12.6 Å². The molecular formula is C17H31NO2. The minimum absolute atomic E-state index is 0.239. The Bertz CT molecular complexity index is 289. The molecule has 0 unspecified atom stereocenters. The number of alkyl carbamates (subject to hydrolysis) is 1. The van der Waals surface area contributed by atoms with E-state index in [2.05, 4.69) is 12.2 Å². The van der Waals surface area contributed by atoms with Gasteiger partial charge in [0.2, 0.25) is 0 Å². The Kier molecular flexibility index (Phi) is 6.18. The number of rotatable bonds is 4. The molecule has 116 valence electrons. The van der Waals surface area contributed by atoms with Crippen LogP contribution < -0.4 is 5.32 Å². The smallest absolute Gasteiger partial charge is 0.407 e. The summed E-state index contributed by atoms with van der Waals surface area (Å²) in [6.45, 7) is 4.70. The molecule has 2 aliphatic rings. The molecule has 0 aliphatic heterocycles.